The Morgan fingerprint density at radius 3 is 2.37 bits per heavy atom. The summed E-state index contributed by atoms with van der Waals surface area (Å²) < 4.78 is 12.0. The van der Waals surface area contributed by atoms with Gasteiger partial charge in [0.1, 0.15) is 11.0 Å². The Morgan fingerprint density at radius 1 is 1.12 bits per heavy atom. The average Bonchev–Trinajstić information content (AvgIpc) is 3.87. The van der Waals surface area contributed by atoms with Gasteiger partial charge in [0, 0.05) is 45.9 Å². The summed E-state index contributed by atoms with van der Waals surface area (Å²) in [5, 5.41) is 11.7. The highest BCUT2D eigenvalue weighted by Gasteiger charge is 2.43. The molecule has 4 amide bonds. The molecule has 0 radical (unpaired) electrons. The van der Waals surface area contributed by atoms with Crippen LogP contribution in [0.3, 0.4) is 0 Å². The lowest BCUT2D eigenvalue weighted by molar-refractivity contribution is -0.147. The summed E-state index contributed by atoms with van der Waals surface area (Å²) >= 11 is 1.50. The van der Waals surface area contributed by atoms with E-state index in [4.69, 9.17) is 15.2 Å². The van der Waals surface area contributed by atoms with Crippen LogP contribution in [0.25, 0.3) is 0 Å². The molecular formula is C38H61N7O6S. The number of nitrogens with one attached hydrogen (secondary N) is 3. The van der Waals surface area contributed by atoms with Gasteiger partial charge in [0.2, 0.25) is 23.6 Å². The van der Waals surface area contributed by atoms with Crippen LogP contribution >= 0.6 is 11.3 Å². The number of amides is 4. The first kappa shape index (κ1) is 43.0. The third-order valence-electron chi connectivity index (χ3n) is 10.6. The molecule has 3 rings (SSSR count). The van der Waals surface area contributed by atoms with Gasteiger partial charge < -0.3 is 41.0 Å². The zero-order valence-corrected chi connectivity index (χ0v) is 33.2. The first-order chi connectivity index (χ1) is 24.7. The third kappa shape index (κ3) is 10.8. The lowest BCUT2D eigenvalue weighted by Gasteiger charge is -2.40. The number of ether oxygens (including phenoxy) is 2. The van der Waals surface area contributed by atoms with Gasteiger partial charge in [-0.05, 0) is 51.6 Å². The molecule has 0 bridgehead atoms. The number of carbonyl (C=O) groups excluding carboxylic acids is 4. The van der Waals surface area contributed by atoms with Crippen LogP contribution in [0.15, 0.2) is 41.9 Å². The molecule has 0 saturated carbocycles. The van der Waals surface area contributed by atoms with Crippen molar-refractivity contribution in [2.24, 2.45) is 17.6 Å². The molecule has 0 aliphatic carbocycles. The zero-order valence-electron chi connectivity index (χ0n) is 32.4. The van der Waals surface area contributed by atoms with Crippen molar-refractivity contribution in [3.05, 3.63) is 52.5 Å². The Hall–Kier alpha value is -3.43. The van der Waals surface area contributed by atoms with Crippen LogP contribution in [-0.4, -0.2) is 116 Å². The number of hydrogen-bond donors (Lipinski definition) is 4. The summed E-state index contributed by atoms with van der Waals surface area (Å²) in [5.74, 6) is -1.62. The largest absolute Gasteiger partial charge is 0.379 e. The quantitative estimate of drug-likeness (QED) is 0.160. The molecule has 14 heteroatoms. The maximum atomic E-state index is 14.2. The molecule has 1 fully saturated rings. The molecule has 290 valence electrons. The minimum absolute atomic E-state index is 0.0201. The number of aromatic nitrogens is 1. The average molecular weight is 744 g/mol. The number of methoxy groups -OCH3 is 2. The number of nitrogens with zero attached hydrogens (tertiary/aromatic N) is 3. The van der Waals surface area contributed by atoms with Crippen molar-refractivity contribution >= 4 is 35.0 Å². The lowest BCUT2D eigenvalue weighted by atomic mass is 9.90. The molecule has 0 spiro atoms. The van der Waals surface area contributed by atoms with Gasteiger partial charge in [-0.25, -0.2) is 4.98 Å². The summed E-state index contributed by atoms with van der Waals surface area (Å²) in [6.07, 6.45) is 3.34. The van der Waals surface area contributed by atoms with Gasteiger partial charge in [0.05, 0.1) is 48.2 Å². The summed E-state index contributed by atoms with van der Waals surface area (Å²) in [6, 6.07) is 7.91. The maximum Gasteiger partial charge on any atom is 0.246 e. The van der Waals surface area contributed by atoms with Crippen LogP contribution in [0.4, 0.5) is 0 Å². The van der Waals surface area contributed by atoms with Crippen LogP contribution in [0, 0.1) is 11.8 Å². The number of likely N-dealkylation sites (N-methyl/N-ethyl adjacent to an activating group) is 2. The van der Waals surface area contributed by atoms with Crippen LogP contribution in [0.5, 0.6) is 0 Å². The van der Waals surface area contributed by atoms with E-state index >= 15 is 0 Å². The van der Waals surface area contributed by atoms with Crippen LogP contribution in [0.1, 0.15) is 76.9 Å². The number of nitrogens with two attached hydrogens (primary N) is 1. The fourth-order valence-corrected chi connectivity index (χ4v) is 7.67. The van der Waals surface area contributed by atoms with Crippen molar-refractivity contribution in [3.8, 4) is 0 Å². The zero-order chi connectivity index (χ0) is 38.6. The Kier molecular flexibility index (Phi) is 16.6. The molecule has 1 aromatic heterocycles. The standard InChI is InChI=1S/C38H61N7O6S/c1-10-24(2)32(44(7)36(48)28(23-39)43-37(49)38(4,5)40-6)30(50-8)22-31(46)45-19-14-17-29(45)33(51-9)25(3)34(47)42-27(35-41-18-20-52-35)21-26-15-12-11-13-16-26/h11-13,15-16,18,20,24-25,27-30,32-33,40H,10,14,17,19,21-23,39H2,1-9H3,(H,42,47)(H,43,49)/t24?,25?,27?,28-,29?,30?,32?,33?/m0/s1. The van der Waals surface area contributed by atoms with Gasteiger partial charge in [-0.2, -0.15) is 0 Å². The Bertz CT molecular complexity index is 1430. The molecule has 1 aliphatic rings. The summed E-state index contributed by atoms with van der Waals surface area (Å²) in [4.78, 5) is 62.6. The van der Waals surface area contributed by atoms with Crippen LogP contribution in [-0.2, 0) is 35.1 Å². The molecule has 5 N–H and O–H groups in total. The van der Waals surface area contributed by atoms with E-state index < -0.39 is 35.7 Å². The van der Waals surface area contributed by atoms with E-state index in [1.54, 1.807) is 53.3 Å². The van der Waals surface area contributed by atoms with E-state index in [1.807, 2.05) is 61.4 Å². The van der Waals surface area contributed by atoms with Gasteiger partial charge >= 0.3 is 0 Å². The normalized spacial score (nSPS) is 18.8. The fourth-order valence-electron chi connectivity index (χ4n) is 6.99. The minimum Gasteiger partial charge on any atom is -0.379 e. The molecule has 52 heavy (non-hydrogen) atoms. The molecule has 1 aliphatic heterocycles. The highest BCUT2D eigenvalue weighted by atomic mass is 32.1. The van der Waals surface area contributed by atoms with Gasteiger partial charge in [0.25, 0.3) is 0 Å². The molecule has 2 aromatic rings. The number of rotatable bonds is 20. The maximum absolute atomic E-state index is 14.2. The summed E-state index contributed by atoms with van der Waals surface area (Å²) in [6.45, 7) is 9.75. The minimum atomic E-state index is -0.953. The highest BCUT2D eigenvalue weighted by molar-refractivity contribution is 7.09. The molecule has 13 nitrogen and oxygen atoms in total. The van der Waals surface area contributed by atoms with E-state index in [9.17, 15) is 19.2 Å². The van der Waals surface area contributed by atoms with E-state index in [2.05, 4.69) is 20.9 Å². The topological polar surface area (TPSA) is 168 Å². The van der Waals surface area contributed by atoms with Gasteiger partial charge in [-0.15, -0.1) is 11.3 Å². The van der Waals surface area contributed by atoms with Gasteiger partial charge in [-0.3, -0.25) is 19.2 Å². The molecule has 7 unspecified atom stereocenters. The van der Waals surface area contributed by atoms with E-state index in [0.717, 1.165) is 23.4 Å². The van der Waals surface area contributed by atoms with Gasteiger partial charge in [-0.1, -0.05) is 57.5 Å². The Morgan fingerprint density at radius 2 is 1.81 bits per heavy atom. The van der Waals surface area contributed by atoms with Crippen molar-refractivity contribution in [3.63, 3.8) is 0 Å². The third-order valence-corrected chi connectivity index (χ3v) is 11.5. The smallest absolute Gasteiger partial charge is 0.246 e. The van der Waals surface area contributed by atoms with Crippen LogP contribution < -0.4 is 21.7 Å². The second kappa shape index (κ2) is 20.1. The predicted molar refractivity (Wildman–Crippen MR) is 203 cm³/mol. The van der Waals surface area contributed by atoms with E-state index in [0.29, 0.717) is 19.4 Å². The second-order valence-electron chi connectivity index (χ2n) is 14.3. The SMILES string of the molecule is CCC(C)C(C(CC(=O)N1CCCC1C(OC)C(C)C(=O)NC(Cc1ccccc1)c1nccs1)OC)N(C)C(=O)[C@H](CN)NC(=O)C(C)(C)NC. The van der Waals surface area contributed by atoms with E-state index in [1.165, 1.54) is 11.3 Å². The Labute approximate surface area is 313 Å². The van der Waals surface area contributed by atoms with Crippen LogP contribution in [0.2, 0.25) is 0 Å². The molecule has 1 aromatic carbocycles. The number of carbonyl (C=O) groups is 4. The first-order valence-corrected chi connectivity index (χ1v) is 19.2. The molecule has 8 atom stereocenters. The fraction of sp³-hybridized carbons (Fsp3) is 0.658. The van der Waals surface area contributed by atoms with Crippen molar-refractivity contribution in [1.29, 1.82) is 0 Å². The second-order valence-corrected chi connectivity index (χ2v) is 15.3. The van der Waals surface area contributed by atoms with Gasteiger partial charge in [0.15, 0.2) is 0 Å². The van der Waals surface area contributed by atoms with Crippen molar-refractivity contribution in [2.45, 2.75) is 109 Å². The number of hydrogen-bond acceptors (Lipinski definition) is 10. The molecule has 2 heterocycles. The highest BCUT2D eigenvalue weighted by Crippen LogP contribution is 2.30. The lowest BCUT2D eigenvalue weighted by Crippen LogP contribution is -2.61. The number of likely N-dealkylation sites (tertiary alicyclic amines) is 1. The molecular weight excluding hydrogens is 683 g/mol. The molecule has 1 saturated heterocycles. The summed E-state index contributed by atoms with van der Waals surface area (Å²) in [5.41, 5.74) is 6.18. The van der Waals surface area contributed by atoms with E-state index in [-0.39, 0.29) is 54.6 Å². The van der Waals surface area contributed by atoms with Crippen molar-refractivity contribution < 1.29 is 28.7 Å². The van der Waals surface area contributed by atoms with Crippen molar-refractivity contribution in [2.75, 3.05) is 41.4 Å². The number of benzene rings is 1. The monoisotopic (exact) mass is 743 g/mol. The Balaban J connectivity index is 1.77. The predicted octanol–water partition coefficient (Wildman–Crippen LogP) is 2.90. The first-order valence-electron chi connectivity index (χ1n) is 18.3. The van der Waals surface area contributed by atoms with Crippen molar-refractivity contribution in [1.82, 2.24) is 30.7 Å². The summed E-state index contributed by atoms with van der Waals surface area (Å²) in [7, 11) is 6.47. The number of thiazole rings is 1.